The summed E-state index contributed by atoms with van der Waals surface area (Å²) in [7, 11) is 5.46. The summed E-state index contributed by atoms with van der Waals surface area (Å²) in [5.74, 6) is 0.673. The van der Waals surface area contributed by atoms with Crippen LogP contribution in [0.1, 0.15) is 5.56 Å². The summed E-state index contributed by atoms with van der Waals surface area (Å²) in [5, 5.41) is 0.379. The lowest BCUT2D eigenvalue weighted by atomic mass is 10.2. The summed E-state index contributed by atoms with van der Waals surface area (Å²) in [5.41, 5.74) is 3.47. The van der Waals surface area contributed by atoms with Gasteiger partial charge < -0.3 is 14.2 Å². The van der Waals surface area contributed by atoms with Gasteiger partial charge in [-0.05, 0) is 18.2 Å². The molecule has 1 atom stereocenters. The predicted octanol–water partition coefficient (Wildman–Crippen LogP) is 3.01. The average molecular weight is 341 g/mol. The molecule has 24 heavy (non-hydrogen) atoms. The van der Waals surface area contributed by atoms with E-state index < -0.39 is 11.2 Å². The summed E-state index contributed by atoms with van der Waals surface area (Å²) in [6.45, 7) is 0. The minimum atomic E-state index is -1.35. The third-order valence-electron chi connectivity index (χ3n) is 3.68. The molecule has 124 valence electrons. The highest BCUT2D eigenvalue weighted by atomic mass is 32.2. The second-order valence-electron chi connectivity index (χ2n) is 5.54. The molecule has 0 radical (unpaired) electrons. The number of aromatic nitrogens is 2. The molecule has 1 aromatic heterocycles. The Morgan fingerprint density at radius 1 is 1.00 bits per heavy atom. The highest BCUT2D eigenvalue weighted by molar-refractivity contribution is 7.90. The van der Waals surface area contributed by atoms with E-state index in [1.165, 1.54) is 7.11 Å². The van der Waals surface area contributed by atoms with E-state index >= 15 is 0 Å². The molecular formula is C18H19N3O2S. The number of para-hydroxylation sites is 3. The Bertz CT molecular complexity index is 855. The minimum absolute atomic E-state index is 0.314. The fourth-order valence-electron chi connectivity index (χ4n) is 2.53. The molecule has 6 heteroatoms. The van der Waals surface area contributed by atoms with E-state index in [1.807, 2.05) is 67.5 Å². The Labute approximate surface area is 144 Å². The molecule has 0 aliphatic heterocycles. The molecule has 0 aliphatic rings. The maximum Gasteiger partial charge on any atom is 0.308 e. The van der Waals surface area contributed by atoms with E-state index in [2.05, 4.69) is 9.97 Å². The lowest BCUT2D eigenvalue weighted by Gasteiger charge is -2.18. The molecule has 0 aliphatic carbocycles. The van der Waals surface area contributed by atoms with Crippen molar-refractivity contribution in [1.82, 2.24) is 9.97 Å². The van der Waals surface area contributed by atoms with E-state index in [1.54, 1.807) is 0 Å². The van der Waals surface area contributed by atoms with Gasteiger partial charge in [-0.15, -0.1) is 0 Å². The number of hydrogen-bond donors (Lipinski definition) is 0. The summed E-state index contributed by atoms with van der Waals surface area (Å²) < 4.78 is 18.2. The third kappa shape index (κ3) is 3.29. The average Bonchev–Trinajstić information content (AvgIpc) is 2.60. The fourth-order valence-corrected chi connectivity index (χ4v) is 3.71. The molecule has 3 rings (SSSR count). The third-order valence-corrected chi connectivity index (χ3v) is 4.95. The van der Waals surface area contributed by atoms with Crippen LogP contribution in [0.15, 0.2) is 53.6 Å². The topological polar surface area (TPSA) is 61.3 Å². The van der Waals surface area contributed by atoms with E-state index in [-0.39, 0.29) is 0 Å². The van der Waals surface area contributed by atoms with Gasteiger partial charge in [0, 0.05) is 36.5 Å². The fraction of sp³-hybridized carbons (Fsp3) is 0.222. The van der Waals surface area contributed by atoms with Crippen LogP contribution in [0.5, 0.6) is 5.88 Å². The number of fused-ring (bicyclic) bond motifs is 1. The molecular weight excluding hydrogens is 322 g/mol. The van der Waals surface area contributed by atoms with Crippen LogP contribution in [-0.4, -0.2) is 35.7 Å². The van der Waals surface area contributed by atoms with Crippen molar-refractivity contribution in [2.45, 2.75) is 10.8 Å². The zero-order valence-corrected chi connectivity index (χ0v) is 14.7. The SMILES string of the molecule is COc1nc2ccccc2nc1[S+]([O-])Cc1ccccc1N(C)C. The summed E-state index contributed by atoms with van der Waals surface area (Å²) >= 11 is -1.35. The van der Waals surface area contributed by atoms with Gasteiger partial charge in [0.1, 0.15) is 5.75 Å². The van der Waals surface area contributed by atoms with E-state index in [0.29, 0.717) is 22.2 Å². The van der Waals surface area contributed by atoms with E-state index in [9.17, 15) is 4.55 Å². The second kappa shape index (κ2) is 7.07. The van der Waals surface area contributed by atoms with Crippen molar-refractivity contribution < 1.29 is 9.29 Å². The van der Waals surface area contributed by atoms with Gasteiger partial charge in [0.15, 0.2) is 0 Å². The summed E-state index contributed by atoms with van der Waals surface area (Å²) in [6, 6.07) is 15.4. The first kappa shape index (κ1) is 16.5. The highest BCUT2D eigenvalue weighted by Crippen LogP contribution is 2.28. The first-order chi connectivity index (χ1) is 11.6. The zero-order chi connectivity index (χ0) is 17.1. The summed E-state index contributed by atoms with van der Waals surface area (Å²) in [4.78, 5) is 11.0. The quantitative estimate of drug-likeness (QED) is 0.668. The van der Waals surface area contributed by atoms with Gasteiger partial charge in [-0.25, -0.2) is 4.98 Å². The first-order valence-corrected chi connectivity index (χ1v) is 8.86. The summed E-state index contributed by atoms with van der Waals surface area (Å²) in [6.07, 6.45) is 0. The number of hydrogen-bond acceptors (Lipinski definition) is 5. The van der Waals surface area contributed by atoms with Crippen LogP contribution in [0.25, 0.3) is 11.0 Å². The zero-order valence-electron chi connectivity index (χ0n) is 13.9. The van der Waals surface area contributed by atoms with E-state index in [0.717, 1.165) is 16.8 Å². The molecule has 5 nitrogen and oxygen atoms in total. The number of ether oxygens (including phenoxy) is 1. The maximum absolute atomic E-state index is 12.9. The van der Waals surface area contributed by atoms with Crippen molar-refractivity contribution in [3.05, 3.63) is 54.1 Å². The predicted molar refractivity (Wildman–Crippen MR) is 97.0 cm³/mol. The molecule has 2 aromatic carbocycles. The van der Waals surface area contributed by atoms with Crippen LogP contribution in [-0.2, 0) is 16.9 Å². The number of rotatable bonds is 5. The van der Waals surface area contributed by atoms with Crippen molar-refractivity contribution in [2.75, 3.05) is 26.1 Å². The smallest absolute Gasteiger partial charge is 0.308 e. The van der Waals surface area contributed by atoms with Crippen LogP contribution in [0.2, 0.25) is 0 Å². The first-order valence-electron chi connectivity index (χ1n) is 7.54. The van der Waals surface area contributed by atoms with Crippen LogP contribution in [0.3, 0.4) is 0 Å². The molecule has 0 spiro atoms. The Morgan fingerprint density at radius 2 is 1.62 bits per heavy atom. The van der Waals surface area contributed by atoms with Crippen LogP contribution in [0, 0.1) is 0 Å². The molecule has 3 aromatic rings. The van der Waals surface area contributed by atoms with Gasteiger partial charge in [-0.2, -0.15) is 4.98 Å². The molecule has 0 N–H and O–H groups in total. The molecule has 0 saturated heterocycles. The van der Waals surface area contributed by atoms with Crippen molar-refractivity contribution in [3.63, 3.8) is 0 Å². The van der Waals surface area contributed by atoms with Gasteiger partial charge >= 0.3 is 5.03 Å². The normalized spacial score (nSPS) is 12.2. The number of nitrogens with zero attached hydrogens (tertiary/aromatic N) is 3. The van der Waals surface area contributed by atoms with Crippen LogP contribution < -0.4 is 9.64 Å². The largest absolute Gasteiger partial charge is 0.610 e. The van der Waals surface area contributed by atoms with Gasteiger partial charge in [0.05, 0.1) is 18.1 Å². The lowest BCUT2D eigenvalue weighted by Crippen LogP contribution is -2.15. The highest BCUT2D eigenvalue weighted by Gasteiger charge is 2.23. The molecule has 1 unspecified atom stereocenters. The molecule has 0 amide bonds. The van der Waals surface area contributed by atoms with E-state index in [4.69, 9.17) is 4.74 Å². The minimum Gasteiger partial charge on any atom is -0.610 e. The van der Waals surface area contributed by atoms with Crippen molar-refractivity contribution >= 4 is 27.9 Å². The Kier molecular flexibility index (Phi) is 4.87. The molecule has 0 fully saturated rings. The van der Waals surface area contributed by atoms with Gasteiger partial charge in [0.25, 0.3) is 5.88 Å². The number of methoxy groups -OCH3 is 1. The van der Waals surface area contributed by atoms with Crippen molar-refractivity contribution in [1.29, 1.82) is 0 Å². The van der Waals surface area contributed by atoms with Gasteiger partial charge in [-0.1, -0.05) is 30.3 Å². The monoisotopic (exact) mass is 341 g/mol. The second-order valence-corrected chi connectivity index (χ2v) is 6.91. The maximum atomic E-state index is 12.9. The number of benzene rings is 2. The Hall–Kier alpha value is -2.31. The van der Waals surface area contributed by atoms with Crippen molar-refractivity contribution in [2.24, 2.45) is 0 Å². The lowest BCUT2D eigenvalue weighted by molar-refractivity contribution is 0.382. The number of anilines is 1. The Balaban J connectivity index is 1.98. The van der Waals surface area contributed by atoms with Crippen LogP contribution in [0.4, 0.5) is 5.69 Å². The standard InChI is InChI=1S/C18H19N3O2S/c1-21(2)16-11-7-4-8-13(16)12-24(22)18-17(23-3)19-14-9-5-6-10-15(14)20-18/h4-11H,12H2,1-3H3. The van der Waals surface area contributed by atoms with Gasteiger partial charge in [-0.3, -0.25) is 0 Å². The molecule has 0 bridgehead atoms. The van der Waals surface area contributed by atoms with Crippen molar-refractivity contribution in [3.8, 4) is 5.88 Å². The molecule has 0 saturated carbocycles. The Morgan fingerprint density at radius 3 is 2.29 bits per heavy atom. The van der Waals surface area contributed by atoms with Gasteiger partial charge in [0.2, 0.25) is 0 Å². The molecule has 1 heterocycles. The van der Waals surface area contributed by atoms with Crippen LogP contribution >= 0.6 is 0 Å².